The Bertz CT molecular complexity index is 620. The van der Waals surface area contributed by atoms with Crippen LogP contribution in [0.25, 0.3) is 11.3 Å². The zero-order chi connectivity index (χ0) is 14.7. The maximum absolute atomic E-state index is 13.1. The molecule has 2 aromatic rings. The van der Waals surface area contributed by atoms with Crippen LogP contribution in [0, 0.1) is 5.82 Å². The van der Waals surface area contributed by atoms with E-state index >= 15 is 0 Å². The topological polar surface area (TPSA) is 34.9 Å². The second kappa shape index (κ2) is 6.18. The van der Waals surface area contributed by atoms with Gasteiger partial charge < -0.3 is 0 Å². The second-order valence-corrected chi connectivity index (χ2v) is 5.03. The van der Waals surface area contributed by atoms with Gasteiger partial charge in [0.15, 0.2) is 6.29 Å². The molecule has 0 bridgehead atoms. The number of carbonyl (C=O) groups is 1. The van der Waals surface area contributed by atoms with Crippen molar-refractivity contribution in [3.8, 4) is 11.3 Å². The molecule has 106 valence electrons. The highest BCUT2D eigenvalue weighted by Crippen LogP contribution is 2.30. The van der Waals surface area contributed by atoms with Gasteiger partial charge in [0.2, 0.25) is 0 Å². The summed E-state index contributed by atoms with van der Waals surface area (Å²) in [4.78, 5) is 11.2. The smallest absolute Gasteiger partial charge is 0.153 e. The number of hydrogen-bond acceptors (Lipinski definition) is 2. The third kappa shape index (κ3) is 2.75. The monoisotopic (exact) mass is 294 g/mol. The SMILES string of the molecule is CCC(CC)n1cc(C=O)c(-c2ccc(F)cc2Cl)n1. The Morgan fingerprint density at radius 1 is 1.40 bits per heavy atom. The fourth-order valence-electron chi connectivity index (χ4n) is 2.23. The Balaban J connectivity index is 2.53. The van der Waals surface area contributed by atoms with E-state index in [0.29, 0.717) is 16.8 Å². The standard InChI is InChI=1S/C15H16ClFN2O/c1-3-12(4-2)19-8-10(9-20)15(18-19)13-6-5-11(17)7-14(13)16/h5-9,12H,3-4H2,1-2H3. The number of nitrogens with zero attached hydrogens (tertiary/aromatic N) is 2. The second-order valence-electron chi connectivity index (χ2n) is 4.63. The number of rotatable bonds is 5. The van der Waals surface area contributed by atoms with E-state index in [1.807, 2.05) is 0 Å². The van der Waals surface area contributed by atoms with Crippen molar-refractivity contribution in [3.05, 3.63) is 40.8 Å². The normalized spacial score (nSPS) is 11.1. The van der Waals surface area contributed by atoms with Crippen molar-refractivity contribution in [1.29, 1.82) is 0 Å². The van der Waals surface area contributed by atoms with Gasteiger partial charge in [-0.3, -0.25) is 9.48 Å². The zero-order valence-corrected chi connectivity index (χ0v) is 12.2. The Morgan fingerprint density at radius 2 is 2.10 bits per heavy atom. The summed E-state index contributed by atoms with van der Waals surface area (Å²) >= 11 is 6.04. The lowest BCUT2D eigenvalue weighted by molar-refractivity contribution is 0.112. The molecular formula is C15H16ClFN2O. The average molecular weight is 295 g/mol. The first-order valence-electron chi connectivity index (χ1n) is 6.60. The van der Waals surface area contributed by atoms with Gasteiger partial charge in [-0.15, -0.1) is 0 Å². The van der Waals surface area contributed by atoms with Crippen LogP contribution in [0.3, 0.4) is 0 Å². The summed E-state index contributed by atoms with van der Waals surface area (Å²) in [5, 5.41) is 4.71. The molecule has 0 radical (unpaired) electrons. The molecule has 1 heterocycles. The lowest BCUT2D eigenvalue weighted by atomic mass is 10.1. The van der Waals surface area contributed by atoms with Crippen molar-refractivity contribution in [3.63, 3.8) is 0 Å². The molecule has 0 saturated heterocycles. The molecular weight excluding hydrogens is 279 g/mol. The molecule has 0 N–H and O–H groups in total. The number of carbonyl (C=O) groups excluding carboxylic acids is 1. The number of benzene rings is 1. The molecule has 0 spiro atoms. The predicted octanol–water partition coefficient (Wildman–Crippen LogP) is 4.52. The van der Waals surface area contributed by atoms with Gasteiger partial charge in [0.05, 0.1) is 16.6 Å². The van der Waals surface area contributed by atoms with E-state index in [4.69, 9.17) is 11.6 Å². The third-order valence-corrected chi connectivity index (χ3v) is 3.70. The summed E-state index contributed by atoms with van der Waals surface area (Å²) in [6.07, 6.45) is 4.32. The summed E-state index contributed by atoms with van der Waals surface area (Å²) in [5.41, 5.74) is 1.53. The summed E-state index contributed by atoms with van der Waals surface area (Å²) in [6, 6.07) is 4.32. The highest BCUT2D eigenvalue weighted by molar-refractivity contribution is 6.33. The number of halogens is 2. The largest absolute Gasteiger partial charge is 0.298 e. The van der Waals surface area contributed by atoms with Gasteiger partial charge in [-0.2, -0.15) is 5.10 Å². The van der Waals surface area contributed by atoms with Crippen LogP contribution in [0.1, 0.15) is 43.1 Å². The molecule has 0 amide bonds. The van der Waals surface area contributed by atoms with Gasteiger partial charge in [0, 0.05) is 11.8 Å². The van der Waals surface area contributed by atoms with Gasteiger partial charge in [-0.1, -0.05) is 25.4 Å². The van der Waals surface area contributed by atoms with Crippen LogP contribution in [0.2, 0.25) is 5.02 Å². The highest BCUT2D eigenvalue weighted by atomic mass is 35.5. The fraction of sp³-hybridized carbons (Fsp3) is 0.333. The summed E-state index contributed by atoms with van der Waals surface area (Å²) in [5.74, 6) is -0.411. The third-order valence-electron chi connectivity index (χ3n) is 3.39. The van der Waals surface area contributed by atoms with Crippen LogP contribution in [0.5, 0.6) is 0 Å². The van der Waals surface area contributed by atoms with Crippen molar-refractivity contribution < 1.29 is 9.18 Å². The van der Waals surface area contributed by atoms with E-state index in [1.54, 1.807) is 16.9 Å². The van der Waals surface area contributed by atoms with Crippen LogP contribution in [-0.4, -0.2) is 16.1 Å². The Morgan fingerprint density at radius 3 is 2.65 bits per heavy atom. The van der Waals surface area contributed by atoms with Gasteiger partial charge in [-0.25, -0.2) is 4.39 Å². The molecule has 5 heteroatoms. The zero-order valence-electron chi connectivity index (χ0n) is 11.4. The van der Waals surface area contributed by atoms with Crippen LogP contribution in [0.4, 0.5) is 4.39 Å². The highest BCUT2D eigenvalue weighted by Gasteiger charge is 2.17. The molecule has 0 aliphatic rings. The first kappa shape index (κ1) is 14.7. The molecule has 0 aliphatic heterocycles. The summed E-state index contributed by atoms with van der Waals surface area (Å²) in [7, 11) is 0. The summed E-state index contributed by atoms with van der Waals surface area (Å²) in [6.45, 7) is 4.14. The Kier molecular flexibility index (Phi) is 4.55. The fourth-order valence-corrected chi connectivity index (χ4v) is 2.49. The van der Waals surface area contributed by atoms with Crippen molar-refractivity contribution in [2.24, 2.45) is 0 Å². The summed E-state index contributed by atoms with van der Waals surface area (Å²) < 4.78 is 14.9. The molecule has 1 aromatic heterocycles. The number of aromatic nitrogens is 2. The predicted molar refractivity (Wildman–Crippen MR) is 77.6 cm³/mol. The quantitative estimate of drug-likeness (QED) is 0.760. The van der Waals surface area contributed by atoms with Crippen molar-refractivity contribution in [1.82, 2.24) is 9.78 Å². The lowest BCUT2D eigenvalue weighted by Crippen LogP contribution is -2.07. The van der Waals surface area contributed by atoms with Crippen LogP contribution >= 0.6 is 11.6 Å². The number of hydrogen-bond donors (Lipinski definition) is 0. The molecule has 0 saturated carbocycles. The van der Waals surface area contributed by atoms with Crippen molar-refractivity contribution in [2.45, 2.75) is 32.7 Å². The molecule has 3 nitrogen and oxygen atoms in total. The minimum Gasteiger partial charge on any atom is -0.298 e. The van der Waals surface area contributed by atoms with E-state index in [9.17, 15) is 9.18 Å². The minimum absolute atomic E-state index is 0.238. The van der Waals surface area contributed by atoms with E-state index in [-0.39, 0.29) is 11.1 Å². The molecule has 1 aromatic carbocycles. The molecule has 2 rings (SSSR count). The minimum atomic E-state index is -0.411. The van der Waals surface area contributed by atoms with E-state index in [2.05, 4.69) is 18.9 Å². The Labute approximate surface area is 122 Å². The molecule has 0 unspecified atom stereocenters. The Hall–Kier alpha value is -1.68. The van der Waals surface area contributed by atoms with Gasteiger partial charge in [0.1, 0.15) is 11.5 Å². The maximum Gasteiger partial charge on any atom is 0.153 e. The van der Waals surface area contributed by atoms with Crippen LogP contribution < -0.4 is 0 Å². The van der Waals surface area contributed by atoms with Gasteiger partial charge in [0.25, 0.3) is 0 Å². The molecule has 0 atom stereocenters. The van der Waals surface area contributed by atoms with Gasteiger partial charge in [-0.05, 0) is 31.0 Å². The molecule has 20 heavy (non-hydrogen) atoms. The van der Waals surface area contributed by atoms with E-state index < -0.39 is 5.82 Å². The lowest BCUT2D eigenvalue weighted by Gasteiger charge is -2.12. The first-order valence-corrected chi connectivity index (χ1v) is 6.98. The van der Waals surface area contributed by atoms with Gasteiger partial charge >= 0.3 is 0 Å². The molecule has 0 fully saturated rings. The van der Waals surface area contributed by atoms with Crippen molar-refractivity contribution >= 4 is 17.9 Å². The van der Waals surface area contributed by atoms with E-state index in [1.165, 1.54) is 12.1 Å². The average Bonchev–Trinajstić information content (AvgIpc) is 2.84. The molecule has 0 aliphatic carbocycles. The van der Waals surface area contributed by atoms with Crippen LogP contribution in [-0.2, 0) is 0 Å². The first-order chi connectivity index (χ1) is 9.60. The maximum atomic E-state index is 13.1. The number of aldehydes is 1. The van der Waals surface area contributed by atoms with Crippen molar-refractivity contribution in [2.75, 3.05) is 0 Å². The van der Waals surface area contributed by atoms with E-state index in [0.717, 1.165) is 19.1 Å². The van der Waals surface area contributed by atoms with Crippen LogP contribution in [0.15, 0.2) is 24.4 Å².